The molecule has 0 aliphatic carbocycles. The number of sulfone groups is 1. The largest absolute Gasteiger partial charge is 0.508 e. The fourth-order valence-electron chi connectivity index (χ4n) is 4.77. The van der Waals surface area contributed by atoms with Crippen molar-refractivity contribution in [2.75, 3.05) is 26.2 Å². The zero-order chi connectivity index (χ0) is 28.3. The number of nitrogens with zero attached hydrogens (tertiary/aromatic N) is 1. The van der Waals surface area contributed by atoms with Crippen molar-refractivity contribution in [3.8, 4) is 34.1 Å². The van der Waals surface area contributed by atoms with Crippen molar-refractivity contribution < 1.29 is 36.2 Å². The predicted molar refractivity (Wildman–Crippen MR) is 154 cm³/mol. The van der Waals surface area contributed by atoms with Crippen molar-refractivity contribution in [1.29, 1.82) is 0 Å². The Morgan fingerprint density at radius 3 is 2.15 bits per heavy atom. The summed E-state index contributed by atoms with van der Waals surface area (Å²) in [5, 5.41) is 11.3. The number of fused-ring (bicyclic) bond motifs is 1. The van der Waals surface area contributed by atoms with E-state index in [9.17, 15) is 26.7 Å². The van der Waals surface area contributed by atoms with Crippen LogP contribution in [0.1, 0.15) is 19.3 Å². The van der Waals surface area contributed by atoms with Gasteiger partial charge in [0.05, 0.1) is 4.90 Å². The maximum atomic E-state index is 13.0. The van der Waals surface area contributed by atoms with Crippen LogP contribution in [0.15, 0.2) is 83.8 Å². The second-order valence-corrected chi connectivity index (χ2v) is 11.6. The van der Waals surface area contributed by atoms with Crippen LogP contribution in [-0.2, 0) is 9.84 Å². The molecule has 0 radical (unpaired) electrons. The minimum Gasteiger partial charge on any atom is -0.508 e. The number of benzene rings is 4. The van der Waals surface area contributed by atoms with E-state index in [0.29, 0.717) is 45.8 Å². The Morgan fingerprint density at radius 2 is 1.49 bits per heavy atom. The molecule has 0 atom stereocenters. The molecule has 218 valence electrons. The number of phenolic OH excluding ortho intramolecular Hbond substituents is 1. The van der Waals surface area contributed by atoms with Gasteiger partial charge in [-0.1, -0.05) is 24.6 Å². The molecule has 0 bridgehead atoms. The lowest BCUT2D eigenvalue weighted by Crippen LogP contribution is -2.33. The Bertz CT molecular complexity index is 1590. The summed E-state index contributed by atoms with van der Waals surface area (Å²) in [5.41, 5.74) is -4.39. The first kappa shape index (κ1) is 30.5. The van der Waals surface area contributed by atoms with Crippen LogP contribution >= 0.6 is 12.4 Å². The van der Waals surface area contributed by atoms with Crippen LogP contribution in [-0.4, -0.2) is 50.2 Å². The van der Waals surface area contributed by atoms with Gasteiger partial charge in [0.2, 0.25) is 0 Å². The van der Waals surface area contributed by atoms with Crippen LogP contribution in [0.5, 0.6) is 23.0 Å². The fraction of sp³-hybridized carbons (Fsp3) is 0.267. The number of hydrogen-bond acceptors (Lipinski definition) is 6. The standard InChI is InChI=1S/C30H28F3NO5S.ClH/c31-30(32,33)40(36,37)26-12-4-21(5-13-26)27-14-6-22-20-23(35)7-15-28(22)29(27)39-25-10-8-24(9-11-25)38-19-18-34-16-2-1-3-17-34;/h4-15,20,35H,1-3,16-19H2;1H. The molecule has 1 aliphatic heterocycles. The lowest BCUT2D eigenvalue weighted by atomic mass is 9.99. The number of halogens is 4. The fourth-order valence-corrected chi connectivity index (χ4v) is 5.53. The first-order chi connectivity index (χ1) is 19.1. The van der Waals surface area contributed by atoms with Crippen LogP contribution in [0.2, 0.25) is 0 Å². The zero-order valence-corrected chi connectivity index (χ0v) is 23.6. The summed E-state index contributed by atoms with van der Waals surface area (Å²) in [5.74, 6) is 1.68. The summed E-state index contributed by atoms with van der Waals surface area (Å²) in [7, 11) is -5.46. The summed E-state index contributed by atoms with van der Waals surface area (Å²) in [4.78, 5) is 1.55. The molecule has 1 saturated heterocycles. The van der Waals surface area contributed by atoms with Crippen LogP contribution in [0.3, 0.4) is 0 Å². The van der Waals surface area contributed by atoms with Gasteiger partial charge in [-0.3, -0.25) is 4.90 Å². The SMILES string of the molecule is Cl.O=S(=O)(c1ccc(-c2ccc3cc(O)ccc3c2Oc2ccc(OCCN3CCCCC3)cc2)cc1)C(F)(F)F. The molecule has 6 nitrogen and oxygen atoms in total. The maximum Gasteiger partial charge on any atom is 0.501 e. The molecule has 1 heterocycles. The third-order valence-corrected chi connectivity index (χ3v) is 8.41. The molecule has 0 spiro atoms. The number of likely N-dealkylation sites (tertiary alicyclic amines) is 1. The lowest BCUT2D eigenvalue weighted by molar-refractivity contribution is -0.0436. The molecular weight excluding hydrogens is 579 g/mol. The number of hydrogen-bond donors (Lipinski definition) is 1. The number of rotatable bonds is 8. The highest BCUT2D eigenvalue weighted by atomic mass is 35.5. The van der Waals surface area contributed by atoms with E-state index in [1.54, 1.807) is 48.5 Å². The smallest absolute Gasteiger partial charge is 0.501 e. The van der Waals surface area contributed by atoms with Crippen LogP contribution < -0.4 is 9.47 Å². The highest BCUT2D eigenvalue weighted by molar-refractivity contribution is 7.92. The summed E-state index contributed by atoms with van der Waals surface area (Å²) >= 11 is 0. The molecule has 4 aromatic carbocycles. The van der Waals surface area contributed by atoms with Crippen LogP contribution in [0.4, 0.5) is 13.2 Å². The van der Waals surface area contributed by atoms with Crippen LogP contribution in [0.25, 0.3) is 21.9 Å². The maximum absolute atomic E-state index is 13.0. The van der Waals surface area contributed by atoms with Crippen molar-refractivity contribution in [2.45, 2.75) is 29.7 Å². The van der Waals surface area contributed by atoms with E-state index < -0.39 is 20.2 Å². The second kappa shape index (κ2) is 12.6. The summed E-state index contributed by atoms with van der Waals surface area (Å²) < 4.78 is 74.8. The Morgan fingerprint density at radius 1 is 0.829 bits per heavy atom. The van der Waals surface area contributed by atoms with Gasteiger partial charge in [0.15, 0.2) is 0 Å². The third kappa shape index (κ3) is 6.89. The highest BCUT2D eigenvalue weighted by Crippen LogP contribution is 2.41. The predicted octanol–water partition coefficient (Wildman–Crippen LogP) is 7.58. The van der Waals surface area contributed by atoms with E-state index in [0.717, 1.165) is 31.8 Å². The number of ether oxygens (including phenoxy) is 2. The van der Waals surface area contributed by atoms with Gasteiger partial charge >= 0.3 is 5.51 Å². The van der Waals surface area contributed by atoms with Gasteiger partial charge in [0.25, 0.3) is 9.84 Å². The molecule has 41 heavy (non-hydrogen) atoms. The lowest BCUT2D eigenvalue weighted by Gasteiger charge is -2.26. The zero-order valence-electron chi connectivity index (χ0n) is 21.9. The molecule has 1 fully saturated rings. The van der Waals surface area contributed by atoms with E-state index in [-0.39, 0.29) is 18.2 Å². The van der Waals surface area contributed by atoms with Crippen molar-refractivity contribution in [1.82, 2.24) is 4.90 Å². The number of phenols is 1. The molecule has 0 unspecified atom stereocenters. The summed E-state index contributed by atoms with van der Waals surface area (Å²) in [6, 6.07) is 19.8. The number of piperidine rings is 1. The molecule has 0 aromatic heterocycles. The van der Waals surface area contributed by atoms with Crippen molar-refractivity contribution >= 4 is 33.0 Å². The van der Waals surface area contributed by atoms with E-state index in [4.69, 9.17) is 9.47 Å². The topological polar surface area (TPSA) is 76.1 Å². The van der Waals surface area contributed by atoms with Gasteiger partial charge in [-0.2, -0.15) is 13.2 Å². The molecule has 5 rings (SSSR count). The number of aromatic hydroxyl groups is 1. The highest BCUT2D eigenvalue weighted by Gasteiger charge is 2.46. The van der Waals surface area contributed by atoms with Gasteiger partial charge < -0.3 is 14.6 Å². The minimum atomic E-state index is -5.46. The van der Waals surface area contributed by atoms with E-state index in [1.807, 2.05) is 0 Å². The first-order valence-corrected chi connectivity index (χ1v) is 14.4. The summed E-state index contributed by atoms with van der Waals surface area (Å²) in [6.07, 6.45) is 3.72. The minimum absolute atomic E-state index is 0. The van der Waals surface area contributed by atoms with Gasteiger partial charge in [0.1, 0.15) is 29.6 Å². The molecule has 0 saturated carbocycles. The summed E-state index contributed by atoms with van der Waals surface area (Å²) in [6.45, 7) is 3.65. The average Bonchev–Trinajstić information content (AvgIpc) is 2.94. The van der Waals surface area contributed by atoms with Gasteiger partial charge in [-0.05, 0) is 97.5 Å². The Balaban J connectivity index is 0.00000387. The molecule has 0 amide bonds. The molecule has 1 aliphatic rings. The quantitative estimate of drug-likeness (QED) is 0.222. The Labute approximate surface area is 242 Å². The van der Waals surface area contributed by atoms with Gasteiger partial charge in [-0.15, -0.1) is 12.4 Å². The van der Waals surface area contributed by atoms with Crippen molar-refractivity contribution in [2.24, 2.45) is 0 Å². The third-order valence-electron chi connectivity index (χ3n) is 6.90. The van der Waals surface area contributed by atoms with E-state index >= 15 is 0 Å². The molecular formula is C30H29ClF3NO5S. The second-order valence-electron chi connectivity index (χ2n) is 9.65. The monoisotopic (exact) mass is 607 g/mol. The van der Waals surface area contributed by atoms with Crippen molar-refractivity contribution in [3.05, 3.63) is 78.9 Å². The first-order valence-electron chi connectivity index (χ1n) is 12.9. The van der Waals surface area contributed by atoms with Crippen LogP contribution in [0, 0.1) is 0 Å². The Kier molecular flexibility index (Phi) is 9.36. The van der Waals surface area contributed by atoms with Crippen molar-refractivity contribution in [3.63, 3.8) is 0 Å². The molecule has 4 aromatic rings. The van der Waals surface area contributed by atoms with E-state index in [1.165, 1.54) is 37.5 Å². The van der Waals surface area contributed by atoms with Gasteiger partial charge in [-0.25, -0.2) is 8.42 Å². The number of alkyl halides is 3. The Hall–Kier alpha value is -3.47. The molecule has 1 N–H and O–H groups in total. The van der Waals surface area contributed by atoms with Gasteiger partial charge in [0, 0.05) is 17.5 Å². The molecule has 11 heteroatoms. The average molecular weight is 608 g/mol. The van der Waals surface area contributed by atoms with E-state index in [2.05, 4.69) is 4.90 Å². The normalized spacial score (nSPS) is 14.4.